The van der Waals surface area contributed by atoms with Gasteiger partial charge in [-0.15, -0.1) is 0 Å². The molecule has 0 spiro atoms. The summed E-state index contributed by atoms with van der Waals surface area (Å²) in [6.07, 6.45) is 0.880. The lowest BCUT2D eigenvalue weighted by Gasteiger charge is -2.18. The van der Waals surface area contributed by atoms with Crippen LogP contribution in [0.2, 0.25) is 0 Å². The van der Waals surface area contributed by atoms with Gasteiger partial charge in [0, 0.05) is 43.0 Å². The molecule has 0 bridgehead atoms. The summed E-state index contributed by atoms with van der Waals surface area (Å²) in [6, 6.07) is 19.5. The summed E-state index contributed by atoms with van der Waals surface area (Å²) in [5, 5.41) is 21.4. The van der Waals surface area contributed by atoms with Crippen molar-refractivity contribution in [3.8, 4) is 0 Å². The summed E-state index contributed by atoms with van der Waals surface area (Å²) in [5.41, 5.74) is 4.62. The van der Waals surface area contributed by atoms with Gasteiger partial charge in [0.1, 0.15) is 0 Å². The molecule has 3 aromatic rings. The van der Waals surface area contributed by atoms with Crippen molar-refractivity contribution in [1.82, 2.24) is 15.5 Å². The molecular formula is C31H31N5O5. The van der Waals surface area contributed by atoms with Crippen LogP contribution in [-0.2, 0) is 9.59 Å². The first-order valence-electron chi connectivity index (χ1n) is 13.4. The Morgan fingerprint density at radius 3 is 2.49 bits per heavy atom. The first kappa shape index (κ1) is 27.6. The zero-order valence-corrected chi connectivity index (χ0v) is 22.6. The van der Waals surface area contributed by atoms with Gasteiger partial charge in [0.2, 0.25) is 5.91 Å². The van der Waals surface area contributed by atoms with E-state index in [0.717, 1.165) is 18.5 Å². The summed E-state index contributed by atoms with van der Waals surface area (Å²) in [7, 11) is 0. The molecule has 2 heterocycles. The number of amides is 3. The summed E-state index contributed by atoms with van der Waals surface area (Å²) in [5.74, 6) is -1.62. The number of fused-ring (bicyclic) bond motifs is 1. The number of nitrogens with zero attached hydrogens (tertiary/aromatic N) is 1. The standard InChI is InChI=1S/C31H31N5O5/c1-19-16-24-25(17-23(19)31(40)41)35-30(39)27(24)28(20-6-3-2-4-7-20)34-22-10-8-21(9-11-22)29(38)33-13-15-36-14-5-12-32-26(37)18-36/h2-4,6-11,16-17,34H,5,12-15,18H2,1H3,(H,32,37)(H,33,38)(H,35,39)(H,40,41)/b28-27-. The smallest absolute Gasteiger partial charge is 0.336 e. The lowest BCUT2D eigenvalue weighted by Crippen LogP contribution is -2.38. The number of aryl methyl sites for hydroxylation is 1. The van der Waals surface area contributed by atoms with E-state index in [2.05, 4.69) is 21.3 Å². The van der Waals surface area contributed by atoms with Gasteiger partial charge >= 0.3 is 5.97 Å². The Labute approximate surface area is 237 Å². The lowest BCUT2D eigenvalue weighted by atomic mass is 9.96. The molecular weight excluding hydrogens is 522 g/mol. The lowest BCUT2D eigenvalue weighted by molar-refractivity contribution is -0.121. The van der Waals surface area contributed by atoms with Crippen LogP contribution < -0.4 is 21.3 Å². The molecule has 5 N–H and O–H groups in total. The van der Waals surface area contributed by atoms with Crippen LogP contribution >= 0.6 is 0 Å². The van der Waals surface area contributed by atoms with E-state index in [0.29, 0.717) is 65.5 Å². The van der Waals surface area contributed by atoms with Gasteiger partial charge in [0.15, 0.2) is 0 Å². The maximum atomic E-state index is 13.2. The Kier molecular flexibility index (Phi) is 8.11. The molecule has 3 amide bonds. The van der Waals surface area contributed by atoms with Gasteiger partial charge in [0.05, 0.1) is 29.1 Å². The highest BCUT2D eigenvalue weighted by Gasteiger charge is 2.30. The molecule has 0 radical (unpaired) electrons. The fourth-order valence-corrected chi connectivity index (χ4v) is 5.03. The summed E-state index contributed by atoms with van der Waals surface area (Å²) in [4.78, 5) is 51.3. The van der Waals surface area contributed by atoms with E-state index in [1.54, 1.807) is 37.3 Å². The van der Waals surface area contributed by atoms with E-state index in [-0.39, 0.29) is 23.3 Å². The molecule has 3 aromatic carbocycles. The molecule has 1 saturated heterocycles. The predicted molar refractivity (Wildman–Crippen MR) is 156 cm³/mol. The predicted octanol–water partition coefficient (Wildman–Crippen LogP) is 3.18. The van der Waals surface area contributed by atoms with Crippen LogP contribution in [-0.4, -0.2) is 66.4 Å². The minimum absolute atomic E-state index is 0.000439. The van der Waals surface area contributed by atoms with Crippen molar-refractivity contribution in [1.29, 1.82) is 0 Å². The van der Waals surface area contributed by atoms with Crippen LogP contribution in [0.5, 0.6) is 0 Å². The zero-order valence-electron chi connectivity index (χ0n) is 22.6. The molecule has 0 unspecified atom stereocenters. The van der Waals surface area contributed by atoms with Crippen LogP contribution in [0.15, 0.2) is 66.7 Å². The van der Waals surface area contributed by atoms with Gasteiger partial charge in [-0.3, -0.25) is 19.3 Å². The first-order chi connectivity index (χ1) is 19.8. The fourth-order valence-electron chi connectivity index (χ4n) is 5.03. The topological polar surface area (TPSA) is 140 Å². The van der Waals surface area contributed by atoms with Crippen molar-refractivity contribution in [2.45, 2.75) is 13.3 Å². The molecule has 10 heteroatoms. The third kappa shape index (κ3) is 6.28. The van der Waals surface area contributed by atoms with Gasteiger partial charge in [-0.1, -0.05) is 30.3 Å². The van der Waals surface area contributed by atoms with E-state index in [9.17, 15) is 24.3 Å². The minimum atomic E-state index is -1.06. The highest BCUT2D eigenvalue weighted by atomic mass is 16.4. The van der Waals surface area contributed by atoms with Crippen LogP contribution in [0, 0.1) is 6.92 Å². The monoisotopic (exact) mass is 553 g/mol. The highest BCUT2D eigenvalue weighted by molar-refractivity contribution is 6.37. The Bertz CT molecular complexity index is 1530. The van der Waals surface area contributed by atoms with Gasteiger partial charge < -0.3 is 26.4 Å². The Hall–Kier alpha value is -4.96. The molecule has 1 fully saturated rings. The molecule has 41 heavy (non-hydrogen) atoms. The van der Waals surface area contributed by atoms with Crippen LogP contribution in [0.1, 0.15) is 43.8 Å². The van der Waals surface area contributed by atoms with E-state index in [4.69, 9.17) is 0 Å². The van der Waals surface area contributed by atoms with Gasteiger partial charge in [-0.25, -0.2) is 4.79 Å². The van der Waals surface area contributed by atoms with Crippen molar-refractivity contribution in [2.75, 3.05) is 43.4 Å². The van der Waals surface area contributed by atoms with Crippen molar-refractivity contribution in [3.63, 3.8) is 0 Å². The number of carbonyl (C=O) groups excluding carboxylic acids is 3. The quantitative estimate of drug-likeness (QED) is 0.270. The second kappa shape index (κ2) is 12.1. The first-order valence-corrected chi connectivity index (χ1v) is 13.4. The molecule has 0 aromatic heterocycles. The number of benzene rings is 3. The summed E-state index contributed by atoms with van der Waals surface area (Å²) < 4.78 is 0. The average Bonchev–Trinajstić information content (AvgIpc) is 3.12. The van der Waals surface area contributed by atoms with Gasteiger partial charge in [-0.05, 0) is 60.9 Å². The Morgan fingerprint density at radius 1 is 1.00 bits per heavy atom. The number of aromatic carboxylic acids is 1. The highest BCUT2D eigenvalue weighted by Crippen LogP contribution is 2.39. The number of carboxylic acids is 1. The Balaban J connectivity index is 1.35. The number of carbonyl (C=O) groups is 4. The molecule has 0 aliphatic carbocycles. The van der Waals surface area contributed by atoms with Crippen molar-refractivity contribution in [3.05, 3.63) is 94.5 Å². The van der Waals surface area contributed by atoms with Crippen molar-refractivity contribution < 1.29 is 24.3 Å². The zero-order chi connectivity index (χ0) is 28.9. The normalized spacial score (nSPS) is 16.2. The minimum Gasteiger partial charge on any atom is -0.478 e. The number of anilines is 2. The number of hydrogen-bond acceptors (Lipinski definition) is 6. The largest absolute Gasteiger partial charge is 0.478 e. The van der Waals surface area contributed by atoms with Crippen LogP contribution in [0.4, 0.5) is 11.4 Å². The third-order valence-corrected chi connectivity index (χ3v) is 7.12. The number of nitrogens with one attached hydrogen (secondary N) is 4. The summed E-state index contributed by atoms with van der Waals surface area (Å²) >= 11 is 0. The number of carboxylic acid groups (broad SMARTS) is 1. The van der Waals surface area contributed by atoms with Crippen LogP contribution in [0.3, 0.4) is 0 Å². The number of rotatable bonds is 8. The van der Waals surface area contributed by atoms with Crippen molar-refractivity contribution >= 4 is 46.3 Å². The maximum Gasteiger partial charge on any atom is 0.336 e. The average molecular weight is 554 g/mol. The summed E-state index contributed by atoms with van der Waals surface area (Å²) in [6.45, 7) is 4.52. The van der Waals surface area contributed by atoms with Gasteiger partial charge in [0.25, 0.3) is 11.8 Å². The molecule has 0 atom stereocenters. The third-order valence-electron chi connectivity index (χ3n) is 7.12. The molecule has 2 aliphatic rings. The molecule has 2 aliphatic heterocycles. The van der Waals surface area contributed by atoms with E-state index in [1.165, 1.54) is 6.07 Å². The molecule has 0 saturated carbocycles. The molecule has 210 valence electrons. The van der Waals surface area contributed by atoms with Crippen LogP contribution in [0.25, 0.3) is 11.3 Å². The molecule has 10 nitrogen and oxygen atoms in total. The second-order valence-corrected chi connectivity index (χ2v) is 10.0. The second-order valence-electron chi connectivity index (χ2n) is 10.0. The van der Waals surface area contributed by atoms with Gasteiger partial charge in [-0.2, -0.15) is 0 Å². The van der Waals surface area contributed by atoms with Crippen molar-refractivity contribution in [2.24, 2.45) is 0 Å². The van der Waals surface area contributed by atoms with E-state index < -0.39 is 5.97 Å². The molecule has 5 rings (SSSR count). The maximum absolute atomic E-state index is 13.2. The fraction of sp³-hybridized carbons (Fsp3) is 0.226. The number of hydrogen-bond donors (Lipinski definition) is 5. The Morgan fingerprint density at radius 2 is 1.76 bits per heavy atom. The van der Waals surface area contributed by atoms with E-state index >= 15 is 0 Å². The SMILES string of the molecule is Cc1cc2c(cc1C(=O)O)NC(=O)/C2=C(\Nc1ccc(C(=O)NCCN2CCCNC(=O)C2)cc1)c1ccccc1. The van der Waals surface area contributed by atoms with E-state index in [1.807, 2.05) is 35.2 Å².